The van der Waals surface area contributed by atoms with E-state index in [4.69, 9.17) is 5.73 Å². The molecule has 0 saturated carbocycles. The molecule has 3 nitrogen and oxygen atoms in total. The van der Waals surface area contributed by atoms with Gasteiger partial charge in [0.1, 0.15) is 0 Å². The molecule has 0 aliphatic carbocycles. The maximum atomic E-state index is 6.04. The van der Waals surface area contributed by atoms with E-state index >= 15 is 0 Å². The smallest absolute Gasteiger partial charge is 0.0271 e. The second-order valence-electron chi connectivity index (χ2n) is 5.66. The van der Waals surface area contributed by atoms with Gasteiger partial charge in [0, 0.05) is 37.4 Å². The van der Waals surface area contributed by atoms with E-state index in [9.17, 15) is 0 Å². The van der Waals surface area contributed by atoms with E-state index in [1.165, 1.54) is 11.1 Å². The van der Waals surface area contributed by atoms with E-state index in [0.717, 1.165) is 13.1 Å². The predicted octanol–water partition coefficient (Wildman–Crippen LogP) is 2.43. The molecule has 1 aromatic carbocycles. The van der Waals surface area contributed by atoms with Crippen molar-refractivity contribution < 1.29 is 0 Å². The number of likely N-dealkylation sites (N-methyl/N-ethyl adjacent to an activating group) is 1. The molecule has 0 aliphatic heterocycles. The van der Waals surface area contributed by atoms with Crippen molar-refractivity contribution in [3.8, 4) is 0 Å². The second-order valence-corrected chi connectivity index (χ2v) is 5.66. The third kappa shape index (κ3) is 3.65. The Morgan fingerprint density at radius 1 is 1.10 bits per heavy atom. The van der Waals surface area contributed by atoms with Gasteiger partial charge in [0.2, 0.25) is 0 Å². The van der Waals surface area contributed by atoms with Crippen molar-refractivity contribution in [3.05, 3.63) is 66.0 Å². The van der Waals surface area contributed by atoms with Gasteiger partial charge in [-0.15, -0.1) is 0 Å². The zero-order valence-corrected chi connectivity index (χ0v) is 12.3. The van der Waals surface area contributed by atoms with Gasteiger partial charge in [-0.3, -0.25) is 4.98 Å². The van der Waals surface area contributed by atoms with E-state index in [2.05, 4.69) is 60.3 Å². The summed E-state index contributed by atoms with van der Waals surface area (Å²) in [5, 5.41) is 0. The van der Waals surface area contributed by atoms with Crippen molar-refractivity contribution in [3.63, 3.8) is 0 Å². The third-order valence-corrected chi connectivity index (χ3v) is 3.74. The highest BCUT2D eigenvalue weighted by Gasteiger charge is 2.26. The van der Waals surface area contributed by atoms with Crippen LogP contribution in [0.15, 0.2) is 54.9 Å². The minimum absolute atomic E-state index is 0.0248. The number of pyridine rings is 1. The highest BCUT2D eigenvalue weighted by Crippen LogP contribution is 2.23. The molecule has 20 heavy (non-hydrogen) atoms. The standard InChI is InChI=1S/C17H23N3/c1-17(13-18,16-6-4-3-5-7-16)14-20(2)12-15-8-10-19-11-9-15/h3-11H,12-14,18H2,1-2H3. The Labute approximate surface area is 121 Å². The first kappa shape index (κ1) is 14.7. The number of hydrogen-bond donors (Lipinski definition) is 1. The highest BCUT2D eigenvalue weighted by molar-refractivity contribution is 5.25. The van der Waals surface area contributed by atoms with E-state index in [0.29, 0.717) is 6.54 Å². The molecule has 0 radical (unpaired) electrons. The molecule has 0 saturated heterocycles. The van der Waals surface area contributed by atoms with Crippen LogP contribution in [0.1, 0.15) is 18.1 Å². The van der Waals surface area contributed by atoms with Crippen LogP contribution in [0, 0.1) is 0 Å². The molecule has 0 fully saturated rings. The molecule has 106 valence electrons. The fourth-order valence-electron chi connectivity index (χ4n) is 2.57. The summed E-state index contributed by atoms with van der Waals surface area (Å²) >= 11 is 0. The Morgan fingerprint density at radius 2 is 1.75 bits per heavy atom. The lowest BCUT2D eigenvalue weighted by molar-refractivity contribution is 0.252. The minimum Gasteiger partial charge on any atom is -0.330 e. The number of nitrogens with zero attached hydrogens (tertiary/aromatic N) is 2. The van der Waals surface area contributed by atoms with Gasteiger partial charge < -0.3 is 10.6 Å². The van der Waals surface area contributed by atoms with Crippen molar-refractivity contribution >= 4 is 0 Å². The third-order valence-electron chi connectivity index (χ3n) is 3.74. The van der Waals surface area contributed by atoms with Gasteiger partial charge in [-0.1, -0.05) is 37.3 Å². The fourth-order valence-corrected chi connectivity index (χ4v) is 2.57. The Balaban J connectivity index is 2.06. The summed E-state index contributed by atoms with van der Waals surface area (Å²) < 4.78 is 0. The molecular weight excluding hydrogens is 246 g/mol. The Morgan fingerprint density at radius 3 is 2.35 bits per heavy atom. The van der Waals surface area contributed by atoms with Crippen LogP contribution in [-0.2, 0) is 12.0 Å². The van der Waals surface area contributed by atoms with Gasteiger partial charge in [-0.25, -0.2) is 0 Å². The predicted molar refractivity (Wildman–Crippen MR) is 83.4 cm³/mol. The summed E-state index contributed by atoms with van der Waals surface area (Å²) in [6.45, 7) is 4.70. The first-order valence-electron chi connectivity index (χ1n) is 6.97. The van der Waals surface area contributed by atoms with Gasteiger partial charge in [0.25, 0.3) is 0 Å². The summed E-state index contributed by atoms with van der Waals surface area (Å²) in [6, 6.07) is 14.6. The zero-order valence-electron chi connectivity index (χ0n) is 12.3. The number of nitrogens with two attached hydrogens (primary N) is 1. The summed E-state index contributed by atoms with van der Waals surface area (Å²) in [5.41, 5.74) is 8.59. The van der Waals surface area contributed by atoms with Crippen LogP contribution in [0.3, 0.4) is 0 Å². The molecule has 1 heterocycles. The molecule has 0 aliphatic rings. The lowest BCUT2D eigenvalue weighted by atomic mass is 9.82. The lowest BCUT2D eigenvalue weighted by Gasteiger charge is -2.33. The lowest BCUT2D eigenvalue weighted by Crippen LogP contribution is -2.42. The summed E-state index contributed by atoms with van der Waals surface area (Å²) in [7, 11) is 2.14. The highest BCUT2D eigenvalue weighted by atomic mass is 15.1. The molecule has 2 N–H and O–H groups in total. The fraction of sp³-hybridized carbons (Fsp3) is 0.353. The van der Waals surface area contributed by atoms with Crippen molar-refractivity contribution in [2.45, 2.75) is 18.9 Å². The van der Waals surface area contributed by atoms with Crippen LogP contribution in [0.2, 0.25) is 0 Å². The van der Waals surface area contributed by atoms with Crippen LogP contribution >= 0.6 is 0 Å². The molecule has 3 heteroatoms. The Bertz CT molecular complexity index is 512. The summed E-state index contributed by atoms with van der Waals surface area (Å²) in [4.78, 5) is 6.37. The number of hydrogen-bond acceptors (Lipinski definition) is 3. The molecular formula is C17H23N3. The molecule has 0 bridgehead atoms. The summed E-state index contributed by atoms with van der Waals surface area (Å²) in [6.07, 6.45) is 3.67. The Kier molecular flexibility index (Phi) is 4.88. The monoisotopic (exact) mass is 269 g/mol. The minimum atomic E-state index is -0.0248. The average Bonchev–Trinajstić information content (AvgIpc) is 2.49. The topological polar surface area (TPSA) is 42.2 Å². The van der Waals surface area contributed by atoms with Gasteiger partial charge >= 0.3 is 0 Å². The first-order chi connectivity index (χ1) is 9.64. The van der Waals surface area contributed by atoms with Gasteiger partial charge in [0.05, 0.1) is 0 Å². The van der Waals surface area contributed by atoms with E-state index in [1.807, 2.05) is 18.5 Å². The van der Waals surface area contributed by atoms with Crippen LogP contribution in [0.5, 0.6) is 0 Å². The van der Waals surface area contributed by atoms with Crippen molar-refractivity contribution in [1.82, 2.24) is 9.88 Å². The summed E-state index contributed by atoms with van der Waals surface area (Å²) in [5.74, 6) is 0. The average molecular weight is 269 g/mol. The van der Waals surface area contributed by atoms with Gasteiger partial charge in [-0.05, 0) is 30.3 Å². The number of rotatable bonds is 6. The molecule has 2 aromatic rings. The largest absolute Gasteiger partial charge is 0.330 e. The number of benzene rings is 1. The van der Waals surface area contributed by atoms with Crippen LogP contribution in [0.25, 0.3) is 0 Å². The van der Waals surface area contributed by atoms with Gasteiger partial charge in [-0.2, -0.15) is 0 Å². The molecule has 1 aromatic heterocycles. The van der Waals surface area contributed by atoms with Crippen molar-refractivity contribution in [1.29, 1.82) is 0 Å². The van der Waals surface area contributed by atoms with E-state index < -0.39 is 0 Å². The van der Waals surface area contributed by atoms with E-state index in [1.54, 1.807) is 0 Å². The van der Waals surface area contributed by atoms with Crippen LogP contribution < -0.4 is 5.73 Å². The molecule has 0 amide bonds. The van der Waals surface area contributed by atoms with Crippen LogP contribution in [-0.4, -0.2) is 30.0 Å². The maximum absolute atomic E-state index is 6.04. The first-order valence-corrected chi connectivity index (χ1v) is 6.97. The van der Waals surface area contributed by atoms with Crippen molar-refractivity contribution in [2.24, 2.45) is 5.73 Å². The second kappa shape index (κ2) is 6.64. The quantitative estimate of drug-likeness (QED) is 0.876. The SMILES string of the molecule is CN(Cc1ccncc1)CC(C)(CN)c1ccccc1. The van der Waals surface area contributed by atoms with Crippen molar-refractivity contribution in [2.75, 3.05) is 20.1 Å². The van der Waals surface area contributed by atoms with Crippen LogP contribution in [0.4, 0.5) is 0 Å². The molecule has 1 unspecified atom stereocenters. The Hall–Kier alpha value is -1.71. The molecule has 1 atom stereocenters. The molecule has 0 spiro atoms. The van der Waals surface area contributed by atoms with Gasteiger partial charge in [0.15, 0.2) is 0 Å². The zero-order chi connectivity index (χ0) is 14.4. The molecule has 2 rings (SSSR count). The maximum Gasteiger partial charge on any atom is 0.0271 e. The van der Waals surface area contributed by atoms with E-state index in [-0.39, 0.29) is 5.41 Å². The number of aromatic nitrogens is 1. The normalized spacial score (nSPS) is 14.2.